The fourth-order valence-electron chi connectivity index (χ4n) is 2.60. The second-order valence-corrected chi connectivity index (χ2v) is 6.94. The first-order valence-corrected chi connectivity index (χ1v) is 7.93. The summed E-state index contributed by atoms with van der Waals surface area (Å²) in [6.45, 7) is 3.00. The molecule has 2 aromatic heterocycles. The van der Waals surface area contributed by atoms with Gasteiger partial charge in [0.05, 0.1) is 6.20 Å². The Bertz CT molecular complexity index is 696. The number of rotatable bonds is 3. The quantitative estimate of drug-likeness (QED) is 0.924. The van der Waals surface area contributed by atoms with Crippen LogP contribution in [-0.2, 0) is 10.0 Å². The van der Waals surface area contributed by atoms with Crippen molar-refractivity contribution in [2.24, 2.45) is 0 Å². The van der Waals surface area contributed by atoms with Crippen molar-refractivity contribution in [3.63, 3.8) is 0 Å². The van der Waals surface area contributed by atoms with E-state index in [1.165, 1.54) is 10.5 Å². The molecular formula is C13H16N4O2S. The van der Waals surface area contributed by atoms with Crippen molar-refractivity contribution in [3.05, 3.63) is 42.0 Å². The minimum Gasteiger partial charge on any atom is -0.282 e. The molecule has 0 spiro atoms. The maximum Gasteiger partial charge on any atom is 0.244 e. The highest BCUT2D eigenvalue weighted by atomic mass is 32.2. The summed E-state index contributed by atoms with van der Waals surface area (Å²) in [7, 11) is -3.44. The molecule has 2 aromatic rings. The van der Waals surface area contributed by atoms with Gasteiger partial charge in [-0.15, -0.1) is 0 Å². The average Bonchev–Trinajstić information content (AvgIpc) is 3.08. The van der Waals surface area contributed by atoms with Crippen LogP contribution in [0.15, 0.2) is 35.6 Å². The second kappa shape index (κ2) is 4.99. The molecule has 1 fully saturated rings. The van der Waals surface area contributed by atoms with Crippen molar-refractivity contribution in [1.29, 1.82) is 0 Å². The van der Waals surface area contributed by atoms with Crippen LogP contribution in [0.1, 0.15) is 23.6 Å². The minimum absolute atomic E-state index is 0.184. The number of hydrogen-bond acceptors (Lipinski definition) is 4. The molecule has 1 aliphatic rings. The topological polar surface area (TPSA) is 79.0 Å². The molecule has 0 radical (unpaired) electrons. The van der Waals surface area contributed by atoms with Crippen LogP contribution >= 0.6 is 0 Å². The van der Waals surface area contributed by atoms with Crippen LogP contribution < -0.4 is 0 Å². The third-order valence-electron chi connectivity index (χ3n) is 3.70. The number of aromatic nitrogens is 3. The van der Waals surface area contributed by atoms with Gasteiger partial charge in [-0.05, 0) is 31.0 Å². The normalized spacial score (nSPS) is 20.4. The van der Waals surface area contributed by atoms with Crippen molar-refractivity contribution in [2.45, 2.75) is 24.2 Å². The van der Waals surface area contributed by atoms with Crippen LogP contribution in [0.2, 0.25) is 0 Å². The van der Waals surface area contributed by atoms with Gasteiger partial charge >= 0.3 is 0 Å². The van der Waals surface area contributed by atoms with Crippen LogP contribution in [0.5, 0.6) is 0 Å². The van der Waals surface area contributed by atoms with Gasteiger partial charge < -0.3 is 0 Å². The first kappa shape index (κ1) is 13.3. The van der Waals surface area contributed by atoms with E-state index in [1.54, 1.807) is 24.5 Å². The highest BCUT2D eigenvalue weighted by Crippen LogP contribution is 2.31. The number of hydrogen-bond donors (Lipinski definition) is 1. The predicted octanol–water partition coefficient (Wildman–Crippen LogP) is 1.29. The lowest BCUT2D eigenvalue weighted by Gasteiger charge is -2.16. The Morgan fingerprint density at radius 1 is 1.40 bits per heavy atom. The van der Waals surface area contributed by atoms with Gasteiger partial charge in [0.1, 0.15) is 4.90 Å². The molecular weight excluding hydrogens is 276 g/mol. The van der Waals surface area contributed by atoms with E-state index in [2.05, 4.69) is 15.2 Å². The van der Waals surface area contributed by atoms with E-state index in [0.717, 1.165) is 17.7 Å². The molecule has 0 bridgehead atoms. The lowest BCUT2D eigenvalue weighted by atomic mass is 10.0. The largest absolute Gasteiger partial charge is 0.282 e. The maximum atomic E-state index is 12.5. The molecule has 1 saturated heterocycles. The Kier molecular flexibility index (Phi) is 3.31. The third kappa shape index (κ3) is 2.23. The molecule has 0 amide bonds. The summed E-state index contributed by atoms with van der Waals surface area (Å²) in [6, 6.07) is 3.22. The summed E-state index contributed by atoms with van der Waals surface area (Å²) in [5, 5.41) is 6.98. The summed E-state index contributed by atoms with van der Waals surface area (Å²) in [5.74, 6) is 0.184. The Hall–Kier alpha value is -1.73. The van der Waals surface area contributed by atoms with Crippen LogP contribution in [0.3, 0.4) is 0 Å². The molecule has 0 aromatic carbocycles. The average molecular weight is 292 g/mol. The van der Waals surface area contributed by atoms with Crippen molar-refractivity contribution in [3.8, 4) is 0 Å². The molecule has 1 aliphatic heterocycles. The number of nitrogens with one attached hydrogen (secondary N) is 1. The molecule has 3 heterocycles. The van der Waals surface area contributed by atoms with Gasteiger partial charge in [-0.2, -0.15) is 9.40 Å². The third-order valence-corrected chi connectivity index (χ3v) is 5.55. The summed E-state index contributed by atoms with van der Waals surface area (Å²) in [4.78, 5) is 4.14. The Morgan fingerprint density at radius 3 is 2.90 bits per heavy atom. The van der Waals surface area contributed by atoms with Crippen LogP contribution in [0.25, 0.3) is 0 Å². The van der Waals surface area contributed by atoms with Crippen molar-refractivity contribution in [2.75, 3.05) is 13.1 Å². The summed E-state index contributed by atoms with van der Waals surface area (Å²) in [5.41, 5.74) is 2.12. The zero-order valence-electron chi connectivity index (χ0n) is 11.2. The van der Waals surface area contributed by atoms with E-state index in [4.69, 9.17) is 0 Å². The van der Waals surface area contributed by atoms with Crippen molar-refractivity contribution in [1.82, 2.24) is 19.5 Å². The van der Waals surface area contributed by atoms with E-state index in [0.29, 0.717) is 13.1 Å². The second-order valence-electron chi connectivity index (χ2n) is 5.00. The zero-order valence-corrected chi connectivity index (χ0v) is 12.0. The molecule has 1 N–H and O–H groups in total. The number of nitrogens with zero attached hydrogens (tertiary/aromatic N) is 3. The van der Waals surface area contributed by atoms with Crippen molar-refractivity contribution >= 4 is 10.0 Å². The van der Waals surface area contributed by atoms with Crippen molar-refractivity contribution < 1.29 is 8.42 Å². The number of sulfonamides is 1. The highest BCUT2D eigenvalue weighted by molar-refractivity contribution is 7.89. The number of aromatic amines is 1. The van der Waals surface area contributed by atoms with Gasteiger partial charge in [0.2, 0.25) is 10.0 Å². The van der Waals surface area contributed by atoms with E-state index in [1.807, 2.05) is 6.92 Å². The fourth-order valence-corrected chi connectivity index (χ4v) is 4.07. The Morgan fingerprint density at radius 2 is 2.25 bits per heavy atom. The Labute approximate surface area is 117 Å². The molecule has 106 valence electrons. The number of H-pyrrole nitrogens is 1. The maximum absolute atomic E-state index is 12.5. The molecule has 0 aliphatic carbocycles. The van der Waals surface area contributed by atoms with Gasteiger partial charge in [0.25, 0.3) is 0 Å². The Balaban J connectivity index is 1.83. The van der Waals surface area contributed by atoms with E-state index >= 15 is 0 Å². The van der Waals surface area contributed by atoms with Crippen LogP contribution in [0.4, 0.5) is 0 Å². The van der Waals surface area contributed by atoms with Gasteiger partial charge in [-0.1, -0.05) is 0 Å². The number of pyridine rings is 1. The molecule has 0 saturated carbocycles. The zero-order chi connectivity index (χ0) is 14.2. The fraction of sp³-hybridized carbons (Fsp3) is 0.385. The first-order chi connectivity index (χ1) is 9.59. The monoisotopic (exact) mass is 292 g/mol. The highest BCUT2D eigenvalue weighted by Gasteiger charge is 2.34. The van der Waals surface area contributed by atoms with Gasteiger partial charge in [-0.3, -0.25) is 10.1 Å². The van der Waals surface area contributed by atoms with Crippen LogP contribution in [-0.4, -0.2) is 41.0 Å². The van der Waals surface area contributed by atoms with E-state index < -0.39 is 10.0 Å². The molecule has 7 heteroatoms. The molecule has 6 nitrogen and oxygen atoms in total. The van der Waals surface area contributed by atoms with E-state index in [-0.39, 0.29) is 10.8 Å². The lowest BCUT2D eigenvalue weighted by Crippen LogP contribution is -2.28. The smallest absolute Gasteiger partial charge is 0.244 e. The summed E-state index contributed by atoms with van der Waals surface area (Å²) in [6.07, 6.45) is 5.54. The lowest BCUT2D eigenvalue weighted by molar-refractivity contribution is 0.471. The molecule has 1 unspecified atom stereocenters. The SMILES string of the molecule is Cc1cn[nH]c1C1CCN(S(=O)(=O)c2cccnc2)C1. The summed E-state index contributed by atoms with van der Waals surface area (Å²) >= 11 is 0. The van der Waals surface area contributed by atoms with Gasteiger partial charge in [0.15, 0.2) is 0 Å². The number of aryl methyl sites for hydroxylation is 1. The van der Waals surface area contributed by atoms with E-state index in [9.17, 15) is 8.42 Å². The molecule has 3 rings (SSSR count). The minimum atomic E-state index is -3.44. The first-order valence-electron chi connectivity index (χ1n) is 6.49. The standard InChI is InChI=1S/C13H16N4O2S/c1-10-7-15-16-13(10)11-4-6-17(9-11)20(18,19)12-3-2-5-14-8-12/h2-3,5,7-8,11H,4,6,9H2,1H3,(H,15,16). The summed E-state index contributed by atoms with van der Waals surface area (Å²) < 4.78 is 26.5. The predicted molar refractivity (Wildman–Crippen MR) is 73.7 cm³/mol. The van der Waals surface area contributed by atoms with Crippen LogP contribution in [0, 0.1) is 6.92 Å². The van der Waals surface area contributed by atoms with Gasteiger partial charge in [0, 0.05) is 37.1 Å². The van der Waals surface area contributed by atoms with Gasteiger partial charge in [-0.25, -0.2) is 8.42 Å². The molecule has 1 atom stereocenters. The molecule has 20 heavy (non-hydrogen) atoms.